The largest absolute Gasteiger partial charge is 0.350 e. The number of nitrogens with one attached hydrogen (secondary N) is 1. The van der Waals surface area contributed by atoms with Gasteiger partial charge >= 0.3 is 0 Å². The average Bonchev–Trinajstić information content (AvgIpc) is 3.33. The van der Waals surface area contributed by atoms with Crippen LogP contribution in [0.3, 0.4) is 0 Å². The number of aryl methyl sites for hydroxylation is 2. The van der Waals surface area contributed by atoms with Gasteiger partial charge in [-0.3, -0.25) is 0 Å². The third-order valence-electron chi connectivity index (χ3n) is 6.26. The molecule has 0 aliphatic carbocycles. The first-order valence-electron chi connectivity index (χ1n) is 11.4. The molecule has 4 rings (SSSR count). The first kappa shape index (κ1) is 24.0. The third kappa shape index (κ3) is 5.16. The van der Waals surface area contributed by atoms with Crippen LogP contribution in [-0.2, 0) is 6.54 Å². The van der Waals surface area contributed by atoms with Crippen LogP contribution in [0, 0.1) is 13.8 Å². The number of hydrogen-bond acceptors (Lipinski definition) is 5. The second kappa shape index (κ2) is 10.4. The molecule has 0 aromatic carbocycles. The summed E-state index contributed by atoms with van der Waals surface area (Å²) in [5, 5.41) is 7.97. The van der Waals surface area contributed by atoms with Crippen LogP contribution in [0.25, 0.3) is 17.2 Å². The monoisotopic (exact) mass is 473 g/mol. The van der Waals surface area contributed by atoms with Gasteiger partial charge in [0.05, 0.1) is 29.6 Å². The minimum Gasteiger partial charge on any atom is -0.350 e. The second-order valence-corrected chi connectivity index (χ2v) is 8.53. The number of fused-ring (bicyclic) bond motifs is 1. The SMILES string of the molecule is C=C/C(=C\c1c(C)nc(C)n1CC(F)F)c1ccn2nc(NC3CCN(CCF)CC3)ncc12. The molecule has 0 spiro atoms. The standard InChI is InChI=1S/C24H30F3N7/c1-4-18(13-21-16(2)29-17(3)33(21)15-23(26)27)20-7-11-34-22(20)14-28-24(31-34)30-19-5-9-32(10-6-19)12-8-25/h4,7,11,13-14,19,23H,1,5-6,8-10,12,15H2,2-3H3,(H,30,31)/b18-13+. The Hall–Kier alpha value is -3.14. The zero-order valence-electron chi connectivity index (χ0n) is 19.5. The number of allylic oxidation sites excluding steroid dienone is 2. The summed E-state index contributed by atoms with van der Waals surface area (Å²) in [6, 6.07) is 2.15. The minimum atomic E-state index is -2.47. The zero-order chi connectivity index (χ0) is 24.2. The van der Waals surface area contributed by atoms with Crippen molar-refractivity contribution in [2.24, 2.45) is 0 Å². The van der Waals surface area contributed by atoms with Gasteiger partial charge in [-0.1, -0.05) is 12.7 Å². The molecule has 1 aliphatic heterocycles. The third-order valence-corrected chi connectivity index (χ3v) is 6.26. The predicted molar refractivity (Wildman–Crippen MR) is 128 cm³/mol. The van der Waals surface area contributed by atoms with Gasteiger partial charge in [0.2, 0.25) is 5.95 Å². The van der Waals surface area contributed by atoms with Crippen molar-refractivity contribution in [3.8, 4) is 0 Å². The lowest BCUT2D eigenvalue weighted by Crippen LogP contribution is -2.40. The van der Waals surface area contributed by atoms with E-state index in [2.05, 4.69) is 31.9 Å². The lowest BCUT2D eigenvalue weighted by molar-refractivity contribution is 0.125. The Kier molecular flexibility index (Phi) is 7.35. The maximum Gasteiger partial charge on any atom is 0.256 e. The highest BCUT2D eigenvalue weighted by molar-refractivity contribution is 5.92. The fraction of sp³-hybridized carbons (Fsp3) is 0.458. The molecule has 3 aromatic rings. The maximum atomic E-state index is 13.1. The van der Waals surface area contributed by atoms with E-state index >= 15 is 0 Å². The van der Waals surface area contributed by atoms with E-state index in [1.54, 1.807) is 23.7 Å². The number of hydrogen-bond donors (Lipinski definition) is 1. The van der Waals surface area contributed by atoms with Crippen molar-refractivity contribution < 1.29 is 13.2 Å². The number of aromatic nitrogens is 5. The van der Waals surface area contributed by atoms with Crippen LogP contribution in [0.4, 0.5) is 19.1 Å². The maximum absolute atomic E-state index is 13.1. The smallest absolute Gasteiger partial charge is 0.256 e. The Morgan fingerprint density at radius 1 is 1.29 bits per heavy atom. The molecule has 0 atom stereocenters. The van der Waals surface area contributed by atoms with Crippen LogP contribution < -0.4 is 5.32 Å². The molecular weight excluding hydrogens is 443 g/mol. The summed E-state index contributed by atoms with van der Waals surface area (Å²) < 4.78 is 42.0. The fourth-order valence-electron chi connectivity index (χ4n) is 4.49. The van der Waals surface area contributed by atoms with Crippen molar-refractivity contribution in [3.63, 3.8) is 0 Å². The molecule has 3 aromatic heterocycles. The van der Waals surface area contributed by atoms with Crippen LogP contribution in [0.1, 0.15) is 35.6 Å². The summed E-state index contributed by atoms with van der Waals surface area (Å²) in [6.07, 6.45) is 6.46. The Bertz CT molecular complexity index is 1170. The van der Waals surface area contributed by atoms with Crippen LogP contribution in [0.2, 0.25) is 0 Å². The first-order valence-corrected chi connectivity index (χ1v) is 11.4. The number of halogens is 3. The predicted octanol–water partition coefficient (Wildman–Crippen LogP) is 4.38. The second-order valence-electron chi connectivity index (χ2n) is 8.53. The Balaban J connectivity index is 1.56. The summed E-state index contributed by atoms with van der Waals surface area (Å²) in [4.78, 5) is 11.0. The van der Waals surface area contributed by atoms with Gasteiger partial charge in [-0.25, -0.2) is 27.7 Å². The van der Waals surface area contributed by atoms with Gasteiger partial charge in [-0.05, 0) is 44.4 Å². The highest BCUT2D eigenvalue weighted by atomic mass is 19.3. The van der Waals surface area contributed by atoms with Crippen LogP contribution in [0.15, 0.2) is 31.1 Å². The molecule has 1 fully saturated rings. The number of likely N-dealkylation sites (tertiary alicyclic amines) is 1. The number of anilines is 1. The van der Waals surface area contributed by atoms with Crippen LogP contribution >= 0.6 is 0 Å². The molecule has 0 bridgehead atoms. The van der Waals surface area contributed by atoms with E-state index in [-0.39, 0.29) is 12.7 Å². The van der Waals surface area contributed by atoms with E-state index in [0.717, 1.165) is 42.6 Å². The van der Waals surface area contributed by atoms with E-state index < -0.39 is 13.0 Å². The highest BCUT2D eigenvalue weighted by Gasteiger charge is 2.20. The van der Waals surface area contributed by atoms with E-state index in [1.807, 2.05) is 25.3 Å². The van der Waals surface area contributed by atoms with Crippen LogP contribution in [-0.4, -0.2) is 67.8 Å². The van der Waals surface area contributed by atoms with E-state index in [0.29, 0.717) is 29.7 Å². The molecule has 7 nitrogen and oxygen atoms in total. The number of nitrogens with zero attached hydrogens (tertiary/aromatic N) is 6. The molecule has 0 amide bonds. The molecule has 10 heteroatoms. The zero-order valence-corrected chi connectivity index (χ0v) is 19.5. The van der Waals surface area contributed by atoms with Gasteiger partial charge < -0.3 is 14.8 Å². The Morgan fingerprint density at radius 2 is 2.06 bits per heavy atom. The van der Waals surface area contributed by atoms with E-state index in [1.165, 1.54) is 4.57 Å². The molecule has 182 valence electrons. The summed E-state index contributed by atoms with van der Waals surface area (Å²) in [5.74, 6) is 1.08. The van der Waals surface area contributed by atoms with E-state index in [4.69, 9.17) is 0 Å². The van der Waals surface area contributed by atoms with Gasteiger partial charge in [-0.15, -0.1) is 5.10 Å². The quantitative estimate of drug-likeness (QED) is 0.468. The molecule has 1 saturated heterocycles. The molecule has 1 N–H and O–H groups in total. The van der Waals surface area contributed by atoms with Gasteiger partial charge in [-0.2, -0.15) is 0 Å². The van der Waals surface area contributed by atoms with Crippen molar-refractivity contribution in [2.75, 3.05) is 31.6 Å². The summed E-state index contributed by atoms with van der Waals surface area (Å²) >= 11 is 0. The minimum absolute atomic E-state index is 0.244. The van der Waals surface area contributed by atoms with Crippen LogP contribution in [0.5, 0.6) is 0 Å². The summed E-state index contributed by atoms with van der Waals surface area (Å²) in [5.41, 5.74) is 3.71. The van der Waals surface area contributed by atoms with Crippen molar-refractivity contribution in [3.05, 3.63) is 53.9 Å². The molecule has 34 heavy (non-hydrogen) atoms. The van der Waals surface area contributed by atoms with Crippen molar-refractivity contribution in [1.82, 2.24) is 29.0 Å². The highest BCUT2D eigenvalue weighted by Crippen LogP contribution is 2.27. The summed E-state index contributed by atoms with van der Waals surface area (Å²) in [7, 11) is 0. The molecule has 0 saturated carbocycles. The lowest BCUT2D eigenvalue weighted by Gasteiger charge is -2.31. The number of piperidine rings is 1. The van der Waals surface area contributed by atoms with Crippen molar-refractivity contribution >= 4 is 23.1 Å². The number of rotatable bonds is 9. The summed E-state index contributed by atoms with van der Waals surface area (Å²) in [6.45, 7) is 8.92. The van der Waals surface area contributed by atoms with Gasteiger partial charge in [0.1, 0.15) is 12.5 Å². The lowest BCUT2D eigenvalue weighted by atomic mass is 10.1. The average molecular weight is 474 g/mol. The molecule has 1 aliphatic rings. The van der Waals surface area contributed by atoms with Gasteiger partial charge in [0.25, 0.3) is 6.43 Å². The molecule has 0 unspecified atom stereocenters. The normalized spacial score (nSPS) is 16.0. The number of alkyl halides is 3. The molecule has 0 radical (unpaired) electrons. The Labute approximate surface area is 197 Å². The van der Waals surface area contributed by atoms with Gasteiger partial charge in [0, 0.05) is 37.4 Å². The first-order chi connectivity index (χ1) is 16.4. The fourth-order valence-corrected chi connectivity index (χ4v) is 4.49. The Morgan fingerprint density at radius 3 is 2.74 bits per heavy atom. The van der Waals surface area contributed by atoms with Gasteiger partial charge in [0.15, 0.2) is 0 Å². The molecular formula is C24H30F3N7. The van der Waals surface area contributed by atoms with Crippen molar-refractivity contribution in [1.29, 1.82) is 0 Å². The van der Waals surface area contributed by atoms with Crippen molar-refractivity contribution in [2.45, 2.75) is 45.7 Å². The van der Waals surface area contributed by atoms with E-state index in [9.17, 15) is 13.2 Å². The number of imidazole rings is 1. The topological polar surface area (TPSA) is 63.3 Å². The molecule has 4 heterocycles.